The van der Waals surface area contributed by atoms with E-state index in [-0.39, 0.29) is 11.3 Å². The van der Waals surface area contributed by atoms with E-state index in [4.69, 9.17) is 4.42 Å². The van der Waals surface area contributed by atoms with Gasteiger partial charge in [-0.05, 0) is 31.5 Å². The number of rotatable bonds is 6. The lowest BCUT2D eigenvalue weighted by Gasteiger charge is -2.07. The van der Waals surface area contributed by atoms with Crippen LogP contribution in [0.5, 0.6) is 0 Å². The summed E-state index contributed by atoms with van der Waals surface area (Å²) in [5.41, 5.74) is 0.808. The van der Waals surface area contributed by atoms with Crippen LogP contribution in [0.15, 0.2) is 22.6 Å². The van der Waals surface area contributed by atoms with E-state index in [2.05, 4.69) is 4.72 Å². The van der Waals surface area contributed by atoms with Crippen molar-refractivity contribution in [2.45, 2.75) is 26.7 Å². The second-order valence-corrected chi connectivity index (χ2v) is 6.67. The van der Waals surface area contributed by atoms with Crippen LogP contribution in [0.25, 0.3) is 11.0 Å². The van der Waals surface area contributed by atoms with Crippen molar-refractivity contribution < 1.29 is 22.7 Å². The van der Waals surface area contributed by atoms with Crippen LogP contribution < -0.4 is 4.72 Å². The minimum atomic E-state index is -3.42. The normalized spacial score (nSPS) is 11.7. The van der Waals surface area contributed by atoms with E-state index in [1.54, 1.807) is 19.1 Å². The molecule has 7 heteroatoms. The van der Waals surface area contributed by atoms with Crippen LogP contribution in [0.1, 0.15) is 35.9 Å². The standard InChI is InChI=1S/C14H17NO5S/c1-3-4-7-21(18,19)15-10-5-6-12-11(8-10)13(14(16)17)9(2)20-12/h5-6,8,15H,3-4,7H2,1-2H3,(H,16,17). The van der Waals surface area contributed by atoms with Crippen molar-refractivity contribution in [1.82, 2.24) is 0 Å². The molecule has 0 aliphatic heterocycles. The molecule has 1 heterocycles. The summed E-state index contributed by atoms with van der Waals surface area (Å²) in [6.45, 7) is 3.48. The number of hydrogen-bond donors (Lipinski definition) is 2. The van der Waals surface area contributed by atoms with Gasteiger partial charge in [0.1, 0.15) is 16.9 Å². The molecule has 0 saturated carbocycles. The Morgan fingerprint density at radius 2 is 2.10 bits per heavy atom. The van der Waals surface area contributed by atoms with Crippen LogP contribution in [0.2, 0.25) is 0 Å². The highest BCUT2D eigenvalue weighted by molar-refractivity contribution is 7.92. The molecule has 1 aromatic heterocycles. The molecule has 0 amide bonds. The van der Waals surface area contributed by atoms with Crippen molar-refractivity contribution in [3.8, 4) is 0 Å². The first-order chi connectivity index (χ1) is 9.84. The average Bonchev–Trinajstić information content (AvgIpc) is 2.71. The number of anilines is 1. The number of furan rings is 1. The molecule has 2 N–H and O–H groups in total. The molecule has 0 fully saturated rings. The molecule has 114 valence electrons. The third-order valence-electron chi connectivity index (χ3n) is 3.12. The zero-order valence-corrected chi connectivity index (χ0v) is 12.7. The van der Waals surface area contributed by atoms with E-state index in [9.17, 15) is 18.3 Å². The molecule has 0 spiro atoms. The topological polar surface area (TPSA) is 96.6 Å². The second kappa shape index (κ2) is 5.77. The van der Waals surface area contributed by atoms with Crippen molar-refractivity contribution in [2.75, 3.05) is 10.5 Å². The molecule has 0 aliphatic rings. The molecule has 0 radical (unpaired) electrons. The fourth-order valence-electron chi connectivity index (χ4n) is 2.11. The Labute approximate surface area is 122 Å². The zero-order chi connectivity index (χ0) is 15.6. The number of aryl methyl sites for hydroxylation is 1. The predicted molar refractivity (Wildman–Crippen MR) is 80.2 cm³/mol. The van der Waals surface area contributed by atoms with E-state index in [0.717, 1.165) is 6.42 Å². The lowest BCUT2D eigenvalue weighted by molar-refractivity contribution is 0.0697. The van der Waals surface area contributed by atoms with Gasteiger partial charge in [0.2, 0.25) is 10.0 Å². The Kier molecular flexibility index (Phi) is 4.22. The highest BCUT2D eigenvalue weighted by Gasteiger charge is 2.18. The zero-order valence-electron chi connectivity index (χ0n) is 11.8. The van der Waals surface area contributed by atoms with Crippen molar-refractivity contribution >= 4 is 32.6 Å². The average molecular weight is 311 g/mol. The smallest absolute Gasteiger partial charge is 0.339 e. The highest BCUT2D eigenvalue weighted by Crippen LogP contribution is 2.28. The van der Waals surface area contributed by atoms with Crippen molar-refractivity contribution in [3.05, 3.63) is 29.5 Å². The highest BCUT2D eigenvalue weighted by atomic mass is 32.2. The number of carboxylic acids is 1. The molecule has 6 nitrogen and oxygen atoms in total. The SMILES string of the molecule is CCCCS(=O)(=O)Nc1ccc2oc(C)c(C(=O)O)c2c1. The molecule has 0 atom stereocenters. The number of fused-ring (bicyclic) bond motifs is 1. The quantitative estimate of drug-likeness (QED) is 0.855. The second-order valence-electron chi connectivity index (χ2n) is 4.82. The molecule has 21 heavy (non-hydrogen) atoms. The largest absolute Gasteiger partial charge is 0.478 e. The van der Waals surface area contributed by atoms with Gasteiger partial charge in [-0.3, -0.25) is 4.72 Å². The summed E-state index contributed by atoms with van der Waals surface area (Å²) in [6.07, 6.45) is 1.35. The van der Waals surface area contributed by atoms with Crippen LogP contribution in [0, 0.1) is 6.92 Å². The van der Waals surface area contributed by atoms with E-state index < -0.39 is 16.0 Å². The Morgan fingerprint density at radius 3 is 2.71 bits per heavy atom. The van der Waals surface area contributed by atoms with Crippen LogP contribution in [0.4, 0.5) is 5.69 Å². The summed E-state index contributed by atoms with van der Waals surface area (Å²) in [6, 6.07) is 4.60. The number of unbranched alkanes of at least 4 members (excludes halogenated alkanes) is 1. The third-order valence-corrected chi connectivity index (χ3v) is 4.49. The Bertz CT molecular complexity index is 776. The fourth-order valence-corrected chi connectivity index (χ4v) is 3.37. The maximum Gasteiger partial charge on any atom is 0.339 e. The number of nitrogens with one attached hydrogen (secondary N) is 1. The van der Waals surface area contributed by atoms with Crippen LogP contribution in [-0.4, -0.2) is 25.2 Å². The van der Waals surface area contributed by atoms with Gasteiger partial charge in [0.15, 0.2) is 0 Å². The number of carboxylic acid groups (broad SMARTS) is 1. The maximum absolute atomic E-state index is 11.9. The Balaban J connectivity index is 2.39. The van der Waals surface area contributed by atoms with Crippen molar-refractivity contribution in [1.29, 1.82) is 0 Å². The summed E-state index contributed by atoms with van der Waals surface area (Å²) in [4.78, 5) is 11.2. The molecule has 0 unspecified atom stereocenters. The lowest BCUT2D eigenvalue weighted by Crippen LogP contribution is -2.16. The first-order valence-corrected chi connectivity index (χ1v) is 8.26. The number of carbonyl (C=O) groups is 1. The van der Waals surface area contributed by atoms with E-state index in [0.29, 0.717) is 28.8 Å². The molecule has 0 bridgehead atoms. The molecule has 2 rings (SSSR count). The van der Waals surface area contributed by atoms with Crippen LogP contribution in [0.3, 0.4) is 0 Å². The third kappa shape index (κ3) is 3.36. The fraction of sp³-hybridized carbons (Fsp3) is 0.357. The van der Waals surface area contributed by atoms with Gasteiger partial charge in [-0.15, -0.1) is 0 Å². The molecular formula is C14H17NO5S. The van der Waals surface area contributed by atoms with Gasteiger partial charge in [-0.25, -0.2) is 13.2 Å². The molecule has 2 aromatic rings. The number of sulfonamides is 1. The number of aromatic carboxylic acids is 1. The summed E-state index contributed by atoms with van der Waals surface area (Å²) in [7, 11) is -3.42. The van der Waals surface area contributed by atoms with E-state index in [1.165, 1.54) is 6.07 Å². The summed E-state index contributed by atoms with van der Waals surface area (Å²) in [5, 5.41) is 9.58. The number of hydrogen-bond acceptors (Lipinski definition) is 4. The molecule has 0 aliphatic carbocycles. The first-order valence-electron chi connectivity index (χ1n) is 6.61. The van der Waals surface area contributed by atoms with Crippen LogP contribution in [-0.2, 0) is 10.0 Å². The van der Waals surface area contributed by atoms with Gasteiger partial charge in [-0.1, -0.05) is 13.3 Å². The number of benzene rings is 1. The van der Waals surface area contributed by atoms with Gasteiger partial charge in [0.25, 0.3) is 0 Å². The minimum Gasteiger partial charge on any atom is -0.478 e. The van der Waals surface area contributed by atoms with E-state index >= 15 is 0 Å². The van der Waals surface area contributed by atoms with Crippen LogP contribution >= 0.6 is 0 Å². The minimum absolute atomic E-state index is 0.0394. The monoisotopic (exact) mass is 311 g/mol. The summed E-state index contributed by atoms with van der Waals surface area (Å²) < 4.78 is 31.5. The summed E-state index contributed by atoms with van der Waals surface area (Å²) in [5.74, 6) is -0.765. The van der Waals surface area contributed by atoms with Gasteiger partial charge in [-0.2, -0.15) is 0 Å². The Morgan fingerprint density at radius 1 is 1.38 bits per heavy atom. The van der Waals surface area contributed by atoms with Gasteiger partial charge >= 0.3 is 5.97 Å². The van der Waals surface area contributed by atoms with Gasteiger partial charge in [0.05, 0.1) is 5.75 Å². The maximum atomic E-state index is 11.9. The summed E-state index contributed by atoms with van der Waals surface area (Å²) >= 11 is 0. The van der Waals surface area contributed by atoms with E-state index in [1.807, 2.05) is 6.92 Å². The molecule has 0 saturated heterocycles. The molecular weight excluding hydrogens is 294 g/mol. The first kappa shape index (κ1) is 15.4. The van der Waals surface area contributed by atoms with Gasteiger partial charge < -0.3 is 9.52 Å². The van der Waals surface area contributed by atoms with Crippen molar-refractivity contribution in [2.24, 2.45) is 0 Å². The van der Waals surface area contributed by atoms with Crippen molar-refractivity contribution in [3.63, 3.8) is 0 Å². The Hall–Kier alpha value is -2.02. The van der Waals surface area contributed by atoms with Gasteiger partial charge in [0, 0.05) is 11.1 Å². The molecule has 1 aromatic carbocycles. The predicted octanol–water partition coefficient (Wildman–Crippen LogP) is 2.98. The lowest BCUT2D eigenvalue weighted by atomic mass is 10.1.